The lowest BCUT2D eigenvalue weighted by Crippen LogP contribution is -2.16. The zero-order chi connectivity index (χ0) is 25.6. The molecule has 5 nitrogen and oxygen atoms in total. The zero-order valence-corrected chi connectivity index (χ0v) is 20.9. The van der Waals surface area contributed by atoms with Crippen molar-refractivity contribution in [1.82, 2.24) is 15.2 Å². The van der Waals surface area contributed by atoms with Crippen LogP contribution in [0.2, 0.25) is 0 Å². The number of fused-ring (bicyclic) bond motifs is 3. The maximum absolute atomic E-state index is 9.95. The van der Waals surface area contributed by atoms with Gasteiger partial charge in [0.05, 0.1) is 17.8 Å². The summed E-state index contributed by atoms with van der Waals surface area (Å²) < 4.78 is 6.53. The third-order valence-corrected chi connectivity index (χ3v) is 6.58. The summed E-state index contributed by atoms with van der Waals surface area (Å²) in [6.07, 6.45) is 1.75. The van der Waals surface area contributed by atoms with E-state index in [1.807, 2.05) is 60.7 Å². The maximum atomic E-state index is 9.95. The highest BCUT2D eigenvalue weighted by Gasteiger charge is 2.21. The van der Waals surface area contributed by atoms with E-state index in [9.17, 15) is 5.26 Å². The van der Waals surface area contributed by atoms with Gasteiger partial charge in [-0.15, -0.1) is 10.2 Å². The summed E-state index contributed by atoms with van der Waals surface area (Å²) in [6.45, 7) is 6.18. The number of hydrogen-bond acceptors (Lipinski definition) is 5. The summed E-state index contributed by atoms with van der Waals surface area (Å²) in [5, 5.41) is 20.7. The van der Waals surface area contributed by atoms with Gasteiger partial charge in [0.2, 0.25) is 0 Å². The predicted molar refractivity (Wildman–Crippen MR) is 147 cm³/mol. The first-order valence-corrected chi connectivity index (χ1v) is 12.2. The average Bonchev–Trinajstić information content (AvgIpc) is 3.31. The number of aromatic nitrogens is 3. The molecule has 37 heavy (non-hydrogen) atoms. The Morgan fingerprint density at radius 1 is 0.703 bits per heavy atom. The molecule has 0 spiro atoms. The molecule has 0 saturated heterocycles. The fraction of sp³-hybridized carbons (Fsp3) is 0.125. The molecule has 0 N–H and O–H groups in total. The second-order valence-electron chi connectivity index (χ2n) is 10.1. The molecule has 6 aromatic rings. The van der Waals surface area contributed by atoms with Gasteiger partial charge in [-0.1, -0.05) is 87.5 Å². The van der Waals surface area contributed by atoms with Gasteiger partial charge in [0, 0.05) is 27.3 Å². The Morgan fingerprint density at radius 2 is 1.41 bits per heavy atom. The molecule has 0 fully saturated rings. The zero-order valence-electron chi connectivity index (χ0n) is 20.9. The van der Waals surface area contributed by atoms with Gasteiger partial charge in [-0.25, -0.2) is 4.98 Å². The Hall–Kier alpha value is -4.82. The molecule has 4 aromatic carbocycles. The van der Waals surface area contributed by atoms with Crippen LogP contribution in [0.3, 0.4) is 0 Å². The topological polar surface area (TPSA) is 75.6 Å². The second-order valence-corrected chi connectivity index (χ2v) is 10.1. The maximum Gasteiger partial charge on any atom is 0.156 e. The van der Waals surface area contributed by atoms with E-state index in [2.05, 4.69) is 66.3 Å². The SMILES string of the molecule is CC(C)(C)c1ncc(-c2cccc3c2oc2c(-c4ccc(-c5ccccc5)cc4)c(C#N)ccc23)nn1. The van der Waals surface area contributed by atoms with E-state index >= 15 is 0 Å². The summed E-state index contributed by atoms with van der Waals surface area (Å²) in [5.74, 6) is 0.688. The monoisotopic (exact) mass is 480 g/mol. The number of nitrogens with zero attached hydrogens (tertiary/aromatic N) is 4. The van der Waals surface area contributed by atoms with Gasteiger partial charge in [-0.3, -0.25) is 0 Å². The van der Waals surface area contributed by atoms with Crippen LogP contribution >= 0.6 is 0 Å². The van der Waals surface area contributed by atoms with Crippen molar-refractivity contribution >= 4 is 21.9 Å². The summed E-state index contributed by atoms with van der Waals surface area (Å²) in [5.41, 5.74) is 7.21. The molecule has 2 aromatic heterocycles. The first-order chi connectivity index (χ1) is 17.9. The first kappa shape index (κ1) is 22.6. The molecule has 0 aliphatic rings. The number of rotatable bonds is 3. The van der Waals surface area contributed by atoms with Crippen molar-refractivity contribution < 1.29 is 4.42 Å². The van der Waals surface area contributed by atoms with Gasteiger partial charge < -0.3 is 4.42 Å². The minimum atomic E-state index is -0.185. The quantitative estimate of drug-likeness (QED) is 0.257. The van der Waals surface area contributed by atoms with E-state index < -0.39 is 0 Å². The van der Waals surface area contributed by atoms with E-state index in [0.717, 1.165) is 38.6 Å². The van der Waals surface area contributed by atoms with Crippen LogP contribution in [0.25, 0.3) is 55.4 Å². The van der Waals surface area contributed by atoms with Crippen molar-refractivity contribution in [1.29, 1.82) is 5.26 Å². The molecule has 0 aliphatic carbocycles. The minimum Gasteiger partial charge on any atom is -0.455 e. The fourth-order valence-corrected chi connectivity index (χ4v) is 4.65. The first-order valence-electron chi connectivity index (χ1n) is 12.2. The van der Waals surface area contributed by atoms with E-state index in [-0.39, 0.29) is 5.41 Å². The fourth-order valence-electron chi connectivity index (χ4n) is 4.65. The summed E-state index contributed by atoms with van der Waals surface area (Å²) in [7, 11) is 0. The molecular weight excluding hydrogens is 456 g/mol. The Morgan fingerprint density at radius 3 is 2.08 bits per heavy atom. The van der Waals surface area contributed by atoms with Crippen LogP contribution in [0.1, 0.15) is 32.2 Å². The van der Waals surface area contributed by atoms with E-state index in [4.69, 9.17) is 4.42 Å². The van der Waals surface area contributed by atoms with Crippen LogP contribution in [-0.2, 0) is 5.41 Å². The molecule has 0 saturated carbocycles. The van der Waals surface area contributed by atoms with Crippen molar-refractivity contribution in [3.63, 3.8) is 0 Å². The van der Waals surface area contributed by atoms with Gasteiger partial charge in [0.25, 0.3) is 0 Å². The molecule has 2 heterocycles. The molecule has 0 aliphatic heterocycles. The highest BCUT2D eigenvalue weighted by atomic mass is 16.3. The molecule has 0 amide bonds. The van der Waals surface area contributed by atoms with Crippen molar-refractivity contribution in [2.75, 3.05) is 0 Å². The standard InChI is InChI=1S/C32H24N4O/c1-32(2,3)31-34-19-27(35-36-31)26-11-7-10-24-25-17-16-23(18-33)28(30(25)37-29(24)26)22-14-12-21(13-15-22)20-8-5-4-6-9-20/h4-17,19H,1-3H3. The van der Waals surface area contributed by atoms with Crippen LogP contribution < -0.4 is 0 Å². The summed E-state index contributed by atoms with van der Waals surface area (Å²) in [6, 6.07) is 30.6. The summed E-state index contributed by atoms with van der Waals surface area (Å²) >= 11 is 0. The van der Waals surface area contributed by atoms with Gasteiger partial charge in [0.15, 0.2) is 5.82 Å². The third kappa shape index (κ3) is 3.93. The van der Waals surface area contributed by atoms with Crippen molar-refractivity contribution in [3.05, 3.63) is 103 Å². The highest BCUT2D eigenvalue weighted by molar-refractivity contribution is 6.13. The van der Waals surface area contributed by atoms with Crippen molar-refractivity contribution in [3.8, 4) is 39.6 Å². The molecule has 0 unspecified atom stereocenters. The second kappa shape index (κ2) is 8.69. The molecule has 0 atom stereocenters. The lowest BCUT2D eigenvalue weighted by atomic mass is 9.95. The normalized spacial score (nSPS) is 11.6. The lowest BCUT2D eigenvalue weighted by Gasteiger charge is -2.15. The lowest BCUT2D eigenvalue weighted by molar-refractivity contribution is 0.534. The Balaban J connectivity index is 1.52. The highest BCUT2D eigenvalue weighted by Crippen LogP contribution is 2.41. The third-order valence-electron chi connectivity index (χ3n) is 6.58. The van der Waals surface area contributed by atoms with Gasteiger partial charge >= 0.3 is 0 Å². The van der Waals surface area contributed by atoms with Crippen LogP contribution in [-0.4, -0.2) is 15.2 Å². The van der Waals surface area contributed by atoms with Crippen LogP contribution in [0.4, 0.5) is 0 Å². The Labute approximate surface area is 215 Å². The molecule has 0 radical (unpaired) electrons. The van der Waals surface area contributed by atoms with Crippen molar-refractivity contribution in [2.45, 2.75) is 26.2 Å². The largest absolute Gasteiger partial charge is 0.455 e. The molecule has 6 rings (SSSR count). The van der Waals surface area contributed by atoms with Gasteiger partial charge in [-0.2, -0.15) is 5.26 Å². The number of benzene rings is 4. The van der Waals surface area contributed by atoms with Crippen molar-refractivity contribution in [2.24, 2.45) is 0 Å². The van der Waals surface area contributed by atoms with Gasteiger partial charge in [0.1, 0.15) is 16.9 Å². The minimum absolute atomic E-state index is 0.185. The van der Waals surface area contributed by atoms with Gasteiger partial charge in [-0.05, 0) is 34.9 Å². The average molecular weight is 481 g/mol. The molecular formula is C32H24N4O. The smallest absolute Gasteiger partial charge is 0.156 e. The van der Waals surface area contributed by atoms with E-state index in [0.29, 0.717) is 28.2 Å². The van der Waals surface area contributed by atoms with E-state index in [1.165, 1.54) is 0 Å². The number of hydrogen-bond donors (Lipinski definition) is 0. The van der Waals surface area contributed by atoms with Crippen LogP contribution in [0, 0.1) is 11.3 Å². The summed E-state index contributed by atoms with van der Waals surface area (Å²) in [4.78, 5) is 4.55. The van der Waals surface area contributed by atoms with Crippen LogP contribution in [0.15, 0.2) is 95.5 Å². The number of para-hydroxylation sites is 1. The molecule has 0 bridgehead atoms. The molecule has 178 valence electrons. The molecule has 5 heteroatoms. The number of nitriles is 1. The Bertz CT molecular complexity index is 1790. The van der Waals surface area contributed by atoms with E-state index in [1.54, 1.807) is 6.20 Å². The Kier molecular flexibility index (Phi) is 5.31. The number of furan rings is 1. The van der Waals surface area contributed by atoms with Crippen LogP contribution in [0.5, 0.6) is 0 Å². The predicted octanol–water partition coefficient (Wildman–Crippen LogP) is 7.94.